The Hall–Kier alpha value is -3.45. The Bertz CT molecular complexity index is 1300. The molecular weight excluding hydrogens is 530 g/mol. The first-order chi connectivity index (χ1) is 20.0. The summed E-state index contributed by atoms with van der Waals surface area (Å²) in [6, 6.07) is 17.8. The van der Waals surface area contributed by atoms with Gasteiger partial charge in [-0.3, -0.25) is 14.6 Å². The number of amides is 2. The molecule has 5 atom stereocenters. The van der Waals surface area contributed by atoms with Crippen molar-refractivity contribution in [3.8, 4) is 6.07 Å². The molecular formula is C33H43N5O4. The summed E-state index contributed by atoms with van der Waals surface area (Å²) in [4.78, 5) is 32.4. The molecule has 1 saturated carbocycles. The van der Waals surface area contributed by atoms with Gasteiger partial charge in [-0.2, -0.15) is 5.26 Å². The van der Waals surface area contributed by atoms with E-state index in [2.05, 4.69) is 59.6 Å². The Kier molecular flexibility index (Phi) is 8.61. The zero-order valence-electron chi connectivity index (χ0n) is 25.3. The van der Waals surface area contributed by atoms with Crippen LogP contribution in [0, 0.1) is 17.2 Å². The van der Waals surface area contributed by atoms with Crippen LogP contribution in [0.1, 0.15) is 75.8 Å². The van der Waals surface area contributed by atoms with Gasteiger partial charge in [0.1, 0.15) is 18.2 Å². The number of aliphatic hydroxyl groups excluding tert-OH is 1. The number of aliphatic hydroxyl groups is 1. The van der Waals surface area contributed by atoms with Crippen LogP contribution in [0.4, 0.5) is 4.79 Å². The number of nitrogens with zero attached hydrogens (tertiary/aromatic N) is 4. The fourth-order valence-corrected chi connectivity index (χ4v) is 6.55. The van der Waals surface area contributed by atoms with Gasteiger partial charge in [-0.15, -0.1) is 0 Å². The fourth-order valence-electron chi connectivity index (χ4n) is 6.55. The summed E-state index contributed by atoms with van der Waals surface area (Å²) < 4.78 is 5.51. The van der Waals surface area contributed by atoms with Crippen LogP contribution in [0.5, 0.6) is 0 Å². The van der Waals surface area contributed by atoms with Gasteiger partial charge in [-0.05, 0) is 68.2 Å². The summed E-state index contributed by atoms with van der Waals surface area (Å²) in [5.41, 5.74) is 4.10. The number of hydrogen-bond donors (Lipinski definition) is 2. The lowest BCUT2D eigenvalue weighted by Crippen LogP contribution is -2.56. The first-order valence-electron chi connectivity index (χ1n) is 15.0. The van der Waals surface area contributed by atoms with Crippen molar-refractivity contribution in [2.24, 2.45) is 5.92 Å². The molecule has 9 nitrogen and oxygen atoms in total. The number of carbonyl (C=O) groups excluding carboxylic acids is 2. The maximum absolute atomic E-state index is 13.9. The third-order valence-electron chi connectivity index (χ3n) is 8.71. The molecule has 3 aliphatic rings. The van der Waals surface area contributed by atoms with E-state index < -0.39 is 24.1 Å². The molecule has 2 aliphatic carbocycles. The summed E-state index contributed by atoms with van der Waals surface area (Å²) >= 11 is 0. The number of ether oxygens (including phenoxy) is 1. The zero-order chi connectivity index (χ0) is 30.2. The van der Waals surface area contributed by atoms with Gasteiger partial charge in [0, 0.05) is 25.2 Å². The third kappa shape index (κ3) is 6.17. The number of hydrogen-bond acceptors (Lipinski definition) is 7. The van der Waals surface area contributed by atoms with Gasteiger partial charge in [-0.25, -0.2) is 4.79 Å². The average Bonchev–Trinajstić information content (AvgIpc) is 3.59. The molecule has 0 spiro atoms. The van der Waals surface area contributed by atoms with Crippen molar-refractivity contribution in [3.05, 3.63) is 70.8 Å². The number of nitrogens with one attached hydrogen (secondary N) is 1. The molecule has 2 N–H and O–H groups in total. The normalized spacial score (nSPS) is 24.7. The van der Waals surface area contributed by atoms with Crippen molar-refractivity contribution in [1.82, 2.24) is 20.0 Å². The lowest BCUT2D eigenvalue weighted by atomic mass is 9.81. The monoisotopic (exact) mass is 573 g/mol. The minimum absolute atomic E-state index is 0.0140. The number of fused-ring (bicyclic) bond motifs is 2. The first kappa shape index (κ1) is 30.0. The maximum Gasteiger partial charge on any atom is 0.408 e. The van der Waals surface area contributed by atoms with Crippen molar-refractivity contribution in [2.75, 3.05) is 19.6 Å². The van der Waals surface area contributed by atoms with Crippen LogP contribution in [-0.4, -0.2) is 81.5 Å². The molecule has 1 saturated heterocycles. The average molecular weight is 574 g/mol. The van der Waals surface area contributed by atoms with Gasteiger partial charge in [0.15, 0.2) is 6.35 Å². The Balaban J connectivity index is 1.44. The van der Waals surface area contributed by atoms with E-state index in [1.165, 1.54) is 22.3 Å². The number of rotatable bonds is 8. The van der Waals surface area contributed by atoms with E-state index in [9.17, 15) is 20.0 Å². The molecule has 9 heteroatoms. The van der Waals surface area contributed by atoms with Crippen LogP contribution in [0.3, 0.4) is 0 Å². The van der Waals surface area contributed by atoms with E-state index in [0.29, 0.717) is 12.5 Å². The quantitative estimate of drug-likeness (QED) is 0.460. The molecule has 2 amide bonds. The van der Waals surface area contributed by atoms with Crippen LogP contribution >= 0.6 is 0 Å². The molecule has 224 valence electrons. The summed E-state index contributed by atoms with van der Waals surface area (Å²) in [7, 11) is 0. The Morgan fingerprint density at radius 1 is 1.14 bits per heavy atom. The summed E-state index contributed by atoms with van der Waals surface area (Å²) in [6.45, 7) is 10.0. The highest BCUT2D eigenvalue weighted by Crippen LogP contribution is 2.43. The summed E-state index contributed by atoms with van der Waals surface area (Å²) in [6.07, 6.45) is 0.781. The van der Waals surface area contributed by atoms with Crippen LogP contribution in [-0.2, 0) is 16.0 Å². The first-order valence-corrected chi connectivity index (χ1v) is 15.0. The largest absolute Gasteiger partial charge is 0.444 e. The van der Waals surface area contributed by atoms with Gasteiger partial charge in [-0.1, -0.05) is 62.4 Å². The summed E-state index contributed by atoms with van der Waals surface area (Å²) in [5, 5.41) is 24.2. The lowest BCUT2D eigenvalue weighted by molar-refractivity contribution is -0.136. The highest BCUT2D eigenvalue weighted by atomic mass is 16.6. The molecule has 0 bridgehead atoms. The van der Waals surface area contributed by atoms with Crippen LogP contribution < -0.4 is 5.32 Å². The van der Waals surface area contributed by atoms with Crippen molar-refractivity contribution >= 4 is 12.0 Å². The fraction of sp³-hybridized carbons (Fsp3) is 0.545. The van der Waals surface area contributed by atoms with E-state index in [4.69, 9.17) is 4.74 Å². The lowest BCUT2D eigenvalue weighted by Gasteiger charge is -2.40. The molecule has 5 rings (SSSR count). The smallest absolute Gasteiger partial charge is 0.408 e. The predicted molar refractivity (Wildman–Crippen MR) is 159 cm³/mol. The molecule has 1 heterocycles. The topological polar surface area (TPSA) is 109 Å². The van der Waals surface area contributed by atoms with E-state index in [1.54, 1.807) is 25.7 Å². The second-order valence-corrected chi connectivity index (χ2v) is 12.9. The van der Waals surface area contributed by atoms with E-state index in [-0.39, 0.29) is 37.1 Å². The number of nitriles is 1. The van der Waals surface area contributed by atoms with Gasteiger partial charge >= 0.3 is 6.09 Å². The number of alkyl carbamates (subject to hydrolysis) is 1. The third-order valence-corrected chi connectivity index (χ3v) is 8.71. The van der Waals surface area contributed by atoms with Gasteiger partial charge in [0.2, 0.25) is 5.91 Å². The van der Waals surface area contributed by atoms with Crippen LogP contribution in [0.15, 0.2) is 48.5 Å². The van der Waals surface area contributed by atoms with Crippen LogP contribution in [0.25, 0.3) is 0 Å². The molecule has 2 fully saturated rings. The second-order valence-electron chi connectivity index (χ2n) is 12.9. The van der Waals surface area contributed by atoms with Gasteiger partial charge in [0.05, 0.1) is 12.1 Å². The molecule has 42 heavy (non-hydrogen) atoms. The summed E-state index contributed by atoms with van der Waals surface area (Å²) in [5.74, 6) is -0.0305. The number of benzene rings is 2. The Morgan fingerprint density at radius 2 is 1.74 bits per heavy atom. The van der Waals surface area contributed by atoms with Crippen LogP contribution in [0.2, 0.25) is 0 Å². The standard InChI is InChI=1S/C33H43N5O4/c1-6-24-19-36(20-27(35-31(40)42-33(3,4)5)30(39)37(16-15-34)28-17-21(28)2)32(41)38(24)29-25-13-9-7-11-22(25)18-23-12-8-10-14-26(23)29/h7-14,21,24,27-29,32,41H,6,16-20H2,1-5H3,(H,35,40)/t21?,24-,27?,28?,32?/m0/s1. The van der Waals surface area contributed by atoms with Crippen molar-refractivity contribution in [3.63, 3.8) is 0 Å². The van der Waals surface area contributed by atoms with Crippen molar-refractivity contribution < 1.29 is 19.4 Å². The van der Waals surface area contributed by atoms with Crippen molar-refractivity contribution in [2.45, 2.75) is 90.0 Å². The van der Waals surface area contributed by atoms with E-state index >= 15 is 0 Å². The molecule has 0 radical (unpaired) electrons. The highest BCUT2D eigenvalue weighted by Gasteiger charge is 2.47. The molecule has 0 aromatic heterocycles. The second kappa shape index (κ2) is 12.0. The Morgan fingerprint density at radius 3 is 2.26 bits per heavy atom. The molecule has 4 unspecified atom stereocenters. The number of carbonyl (C=O) groups is 2. The zero-order valence-corrected chi connectivity index (χ0v) is 25.3. The Labute approximate surface area is 249 Å². The van der Waals surface area contributed by atoms with Gasteiger partial charge < -0.3 is 20.1 Å². The van der Waals surface area contributed by atoms with E-state index in [1.807, 2.05) is 24.0 Å². The van der Waals surface area contributed by atoms with Crippen molar-refractivity contribution in [1.29, 1.82) is 5.26 Å². The maximum atomic E-state index is 13.9. The predicted octanol–water partition coefficient (Wildman–Crippen LogP) is 4.01. The van der Waals surface area contributed by atoms with Gasteiger partial charge in [0.25, 0.3) is 0 Å². The SMILES string of the molecule is CC[C@H]1CN(CC(NC(=O)OC(C)(C)C)C(=O)N(CC#N)C2CC2C)C(O)N1C1c2ccccc2Cc2ccccc21. The molecule has 2 aromatic carbocycles. The highest BCUT2D eigenvalue weighted by molar-refractivity contribution is 5.86. The minimum atomic E-state index is -0.987. The minimum Gasteiger partial charge on any atom is -0.444 e. The molecule has 2 aromatic rings. The van der Waals surface area contributed by atoms with E-state index in [0.717, 1.165) is 19.3 Å². The molecule has 1 aliphatic heterocycles.